The third-order valence-electron chi connectivity index (χ3n) is 2.73. The molecule has 0 saturated carbocycles. The fourth-order valence-corrected chi connectivity index (χ4v) is 2.96. The maximum atomic E-state index is 13.1. The van der Waals surface area contributed by atoms with E-state index in [2.05, 4.69) is 37.2 Å². The molecule has 1 atom stereocenters. The standard InChI is InChI=1S/C14H11Br2ClFN/c1-8(11-4-2-9(18)6-12(11)15)19-10-3-5-14(17)13(16)7-10/h2-8,19H,1H3. The Morgan fingerprint density at radius 2 is 1.84 bits per heavy atom. The first-order valence-electron chi connectivity index (χ1n) is 5.64. The van der Waals surface area contributed by atoms with Gasteiger partial charge in [0.25, 0.3) is 0 Å². The molecular weight excluding hydrogens is 396 g/mol. The van der Waals surface area contributed by atoms with Gasteiger partial charge in [-0.2, -0.15) is 0 Å². The van der Waals surface area contributed by atoms with Crippen molar-refractivity contribution in [2.45, 2.75) is 13.0 Å². The van der Waals surface area contributed by atoms with Crippen LogP contribution in [0.4, 0.5) is 10.1 Å². The number of hydrogen-bond acceptors (Lipinski definition) is 1. The van der Waals surface area contributed by atoms with Crippen molar-refractivity contribution in [2.75, 3.05) is 5.32 Å². The minimum absolute atomic E-state index is 0.0445. The molecular formula is C14H11Br2ClFN. The van der Waals surface area contributed by atoms with Gasteiger partial charge < -0.3 is 5.32 Å². The zero-order valence-corrected chi connectivity index (χ0v) is 14.0. The fraction of sp³-hybridized carbons (Fsp3) is 0.143. The third kappa shape index (κ3) is 3.71. The summed E-state index contributed by atoms with van der Waals surface area (Å²) in [6, 6.07) is 10.4. The van der Waals surface area contributed by atoms with Crippen molar-refractivity contribution in [2.24, 2.45) is 0 Å². The predicted octanol–water partition coefficient (Wildman–Crippen LogP) is 6.18. The molecule has 1 unspecified atom stereocenters. The van der Waals surface area contributed by atoms with Crippen molar-refractivity contribution >= 4 is 49.1 Å². The fourth-order valence-electron chi connectivity index (χ4n) is 1.77. The first-order chi connectivity index (χ1) is 8.97. The lowest BCUT2D eigenvalue weighted by molar-refractivity contribution is 0.625. The van der Waals surface area contributed by atoms with Crippen molar-refractivity contribution in [1.82, 2.24) is 0 Å². The van der Waals surface area contributed by atoms with E-state index in [1.807, 2.05) is 25.1 Å². The van der Waals surface area contributed by atoms with Gasteiger partial charge in [-0.25, -0.2) is 4.39 Å². The largest absolute Gasteiger partial charge is 0.378 e. The van der Waals surface area contributed by atoms with Gasteiger partial charge in [0, 0.05) is 20.7 Å². The smallest absolute Gasteiger partial charge is 0.124 e. The molecule has 0 saturated heterocycles. The summed E-state index contributed by atoms with van der Waals surface area (Å²) in [7, 11) is 0. The highest BCUT2D eigenvalue weighted by atomic mass is 79.9. The Kier molecular flexibility index (Phi) is 4.87. The van der Waals surface area contributed by atoms with E-state index in [-0.39, 0.29) is 11.9 Å². The summed E-state index contributed by atoms with van der Waals surface area (Å²) in [5.74, 6) is -0.253. The molecule has 0 aliphatic heterocycles. The zero-order valence-electron chi connectivity index (χ0n) is 10.1. The zero-order chi connectivity index (χ0) is 14.0. The van der Waals surface area contributed by atoms with Gasteiger partial charge in [0.1, 0.15) is 5.82 Å². The molecule has 0 aliphatic carbocycles. The van der Waals surface area contributed by atoms with E-state index in [0.29, 0.717) is 5.02 Å². The number of rotatable bonds is 3. The molecule has 0 amide bonds. The molecule has 0 heterocycles. The van der Waals surface area contributed by atoms with Crippen LogP contribution in [0, 0.1) is 5.82 Å². The lowest BCUT2D eigenvalue weighted by Gasteiger charge is -2.17. The highest BCUT2D eigenvalue weighted by Gasteiger charge is 2.10. The Morgan fingerprint density at radius 3 is 2.47 bits per heavy atom. The van der Waals surface area contributed by atoms with Crippen molar-refractivity contribution in [3.63, 3.8) is 0 Å². The lowest BCUT2D eigenvalue weighted by atomic mass is 10.1. The van der Waals surface area contributed by atoms with Gasteiger partial charge in [-0.05, 0) is 58.7 Å². The third-order valence-corrected chi connectivity index (χ3v) is 4.63. The predicted molar refractivity (Wildman–Crippen MR) is 85.3 cm³/mol. The van der Waals surface area contributed by atoms with E-state index in [0.717, 1.165) is 20.2 Å². The maximum absolute atomic E-state index is 13.1. The quantitative estimate of drug-likeness (QED) is 0.641. The van der Waals surface area contributed by atoms with Crippen molar-refractivity contribution < 1.29 is 4.39 Å². The van der Waals surface area contributed by atoms with Crippen molar-refractivity contribution in [3.8, 4) is 0 Å². The van der Waals surface area contributed by atoms with Crippen LogP contribution in [-0.4, -0.2) is 0 Å². The number of benzene rings is 2. The van der Waals surface area contributed by atoms with E-state index in [4.69, 9.17) is 11.6 Å². The van der Waals surface area contributed by atoms with Crippen LogP contribution in [-0.2, 0) is 0 Å². The molecule has 0 radical (unpaired) electrons. The second-order valence-corrected chi connectivity index (χ2v) is 6.28. The minimum atomic E-state index is -0.253. The van der Waals surface area contributed by atoms with E-state index in [1.54, 1.807) is 6.07 Å². The van der Waals surface area contributed by atoms with Crippen molar-refractivity contribution in [3.05, 3.63) is 61.7 Å². The average Bonchev–Trinajstić information content (AvgIpc) is 2.33. The van der Waals surface area contributed by atoms with E-state index in [1.165, 1.54) is 12.1 Å². The number of nitrogens with one attached hydrogen (secondary N) is 1. The number of anilines is 1. The van der Waals surface area contributed by atoms with Gasteiger partial charge in [-0.15, -0.1) is 0 Å². The summed E-state index contributed by atoms with van der Waals surface area (Å²) in [5.41, 5.74) is 1.94. The van der Waals surface area contributed by atoms with Crippen LogP contribution in [0.3, 0.4) is 0 Å². The molecule has 2 rings (SSSR count). The van der Waals surface area contributed by atoms with Crippen LogP contribution in [0.5, 0.6) is 0 Å². The molecule has 0 fully saturated rings. The molecule has 1 nitrogen and oxygen atoms in total. The van der Waals surface area contributed by atoms with Crippen LogP contribution in [0.25, 0.3) is 0 Å². The van der Waals surface area contributed by atoms with Crippen molar-refractivity contribution in [1.29, 1.82) is 0 Å². The number of halogens is 4. The Morgan fingerprint density at radius 1 is 1.11 bits per heavy atom. The second-order valence-electron chi connectivity index (χ2n) is 4.16. The monoisotopic (exact) mass is 405 g/mol. The molecule has 2 aromatic rings. The minimum Gasteiger partial charge on any atom is -0.378 e. The van der Waals surface area contributed by atoms with E-state index in [9.17, 15) is 4.39 Å². The molecule has 2 aromatic carbocycles. The normalized spacial score (nSPS) is 12.3. The summed E-state index contributed by atoms with van der Waals surface area (Å²) in [4.78, 5) is 0. The molecule has 1 N–H and O–H groups in total. The molecule has 0 spiro atoms. The van der Waals surface area contributed by atoms with Gasteiger partial charge in [-0.1, -0.05) is 33.6 Å². The summed E-state index contributed by atoms with van der Waals surface area (Å²) in [5, 5.41) is 4.01. The Balaban J connectivity index is 2.20. The Labute approximate surface area is 133 Å². The van der Waals surface area contributed by atoms with Crippen LogP contribution >= 0.6 is 43.5 Å². The van der Waals surface area contributed by atoms with Gasteiger partial charge in [-0.3, -0.25) is 0 Å². The lowest BCUT2D eigenvalue weighted by Crippen LogP contribution is -2.07. The molecule has 5 heteroatoms. The Bertz CT molecular complexity index is 604. The summed E-state index contributed by atoms with van der Waals surface area (Å²) < 4.78 is 14.7. The second kappa shape index (κ2) is 6.25. The summed E-state index contributed by atoms with van der Waals surface area (Å²) in [6.45, 7) is 2.01. The molecule has 0 aliphatic rings. The van der Waals surface area contributed by atoms with E-state index < -0.39 is 0 Å². The Hall–Kier alpha value is -0.580. The summed E-state index contributed by atoms with van der Waals surface area (Å²) in [6.07, 6.45) is 0. The van der Waals surface area contributed by atoms with Gasteiger partial charge in [0.15, 0.2) is 0 Å². The number of hydrogen-bond donors (Lipinski definition) is 1. The topological polar surface area (TPSA) is 12.0 Å². The van der Waals surface area contributed by atoms with Gasteiger partial charge in [0.2, 0.25) is 0 Å². The molecule has 19 heavy (non-hydrogen) atoms. The van der Waals surface area contributed by atoms with Crippen LogP contribution in [0.15, 0.2) is 45.3 Å². The highest BCUT2D eigenvalue weighted by Crippen LogP contribution is 2.30. The first kappa shape index (κ1) is 14.8. The van der Waals surface area contributed by atoms with E-state index >= 15 is 0 Å². The maximum Gasteiger partial charge on any atom is 0.124 e. The van der Waals surface area contributed by atoms with Gasteiger partial charge >= 0.3 is 0 Å². The molecule has 100 valence electrons. The first-order valence-corrected chi connectivity index (χ1v) is 7.60. The highest BCUT2D eigenvalue weighted by molar-refractivity contribution is 9.10. The van der Waals surface area contributed by atoms with Crippen LogP contribution in [0.1, 0.15) is 18.5 Å². The van der Waals surface area contributed by atoms with Gasteiger partial charge in [0.05, 0.1) is 5.02 Å². The SMILES string of the molecule is CC(Nc1ccc(Cl)c(Br)c1)c1ccc(F)cc1Br. The molecule has 0 bridgehead atoms. The van der Waals surface area contributed by atoms with Crippen LogP contribution in [0.2, 0.25) is 5.02 Å². The molecule has 0 aromatic heterocycles. The summed E-state index contributed by atoms with van der Waals surface area (Å²) >= 11 is 12.7. The van der Waals surface area contributed by atoms with Crippen LogP contribution < -0.4 is 5.32 Å². The average molecular weight is 408 g/mol.